The number of carbonyl (C=O) groups is 1. The van der Waals surface area contributed by atoms with Crippen molar-refractivity contribution in [3.05, 3.63) is 35.4 Å². The minimum atomic E-state index is 0.0800. The first kappa shape index (κ1) is 13.1. The van der Waals surface area contributed by atoms with Crippen molar-refractivity contribution in [3.8, 4) is 0 Å². The molecule has 1 fully saturated rings. The fourth-order valence-corrected chi connectivity index (χ4v) is 2.67. The minimum Gasteiger partial charge on any atom is -0.349 e. The molecular weight excluding hydrogens is 222 g/mol. The summed E-state index contributed by atoms with van der Waals surface area (Å²) in [6, 6.07) is 8.30. The number of rotatable bonds is 3. The lowest BCUT2D eigenvalue weighted by Crippen LogP contribution is -2.41. The highest BCUT2D eigenvalue weighted by Crippen LogP contribution is 2.24. The highest BCUT2D eigenvalue weighted by molar-refractivity contribution is 5.94. The molecule has 0 aromatic heterocycles. The van der Waals surface area contributed by atoms with Gasteiger partial charge in [0.1, 0.15) is 0 Å². The number of amides is 1. The van der Waals surface area contributed by atoms with Crippen LogP contribution in [0.2, 0.25) is 0 Å². The zero-order chi connectivity index (χ0) is 13.0. The van der Waals surface area contributed by atoms with E-state index in [2.05, 4.69) is 19.2 Å². The van der Waals surface area contributed by atoms with Crippen molar-refractivity contribution in [1.29, 1.82) is 0 Å². The molecule has 0 radical (unpaired) electrons. The van der Waals surface area contributed by atoms with Gasteiger partial charge in [-0.05, 0) is 42.9 Å². The molecule has 2 heteroatoms. The second-order valence-electron chi connectivity index (χ2n) is 5.39. The third kappa shape index (κ3) is 3.12. The first-order valence-electron chi connectivity index (χ1n) is 7.10. The summed E-state index contributed by atoms with van der Waals surface area (Å²) in [5.41, 5.74) is 2.06. The molecule has 0 unspecified atom stereocenters. The van der Waals surface area contributed by atoms with Crippen LogP contribution >= 0.6 is 0 Å². The Hall–Kier alpha value is -1.31. The number of hydrogen-bond acceptors (Lipinski definition) is 1. The fourth-order valence-electron chi connectivity index (χ4n) is 2.67. The number of hydrogen-bond donors (Lipinski definition) is 1. The molecule has 1 aliphatic carbocycles. The van der Waals surface area contributed by atoms with Crippen LogP contribution in [0.15, 0.2) is 24.3 Å². The van der Waals surface area contributed by atoms with Gasteiger partial charge >= 0.3 is 0 Å². The standard InChI is InChI=1S/C16H23NO/c1-3-13-8-10-14(11-9-13)16(18)17-15-7-5-4-6-12(15)2/h8-12,15H,3-7H2,1-2H3,(H,17,18)/t12-,15+/m1/s1. The minimum absolute atomic E-state index is 0.0800. The Morgan fingerprint density at radius 1 is 1.22 bits per heavy atom. The van der Waals surface area contributed by atoms with E-state index in [0.717, 1.165) is 18.4 Å². The summed E-state index contributed by atoms with van der Waals surface area (Å²) in [7, 11) is 0. The Kier molecular flexibility index (Phi) is 4.40. The zero-order valence-electron chi connectivity index (χ0n) is 11.4. The predicted molar refractivity (Wildman–Crippen MR) is 74.7 cm³/mol. The molecule has 98 valence electrons. The molecule has 0 heterocycles. The average Bonchev–Trinajstić information content (AvgIpc) is 2.41. The first-order valence-corrected chi connectivity index (χ1v) is 7.10. The Labute approximate surface area is 110 Å². The number of carbonyl (C=O) groups excluding carboxylic acids is 1. The summed E-state index contributed by atoms with van der Waals surface area (Å²) in [6.07, 6.45) is 5.92. The second kappa shape index (κ2) is 6.03. The van der Waals surface area contributed by atoms with Crippen LogP contribution < -0.4 is 5.32 Å². The van der Waals surface area contributed by atoms with Crippen LogP contribution in [0.3, 0.4) is 0 Å². The van der Waals surface area contributed by atoms with Gasteiger partial charge in [0.15, 0.2) is 0 Å². The zero-order valence-corrected chi connectivity index (χ0v) is 11.4. The van der Waals surface area contributed by atoms with Crippen LogP contribution in [0.4, 0.5) is 0 Å². The van der Waals surface area contributed by atoms with Gasteiger partial charge in [0.25, 0.3) is 5.91 Å². The normalized spacial score (nSPS) is 23.7. The van der Waals surface area contributed by atoms with Gasteiger partial charge in [-0.15, -0.1) is 0 Å². The quantitative estimate of drug-likeness (QED) is 0.866. The molecule has 1 aliphatic rings. The molecule has 0 bridgehead atoms. The molecule has 0 aliphatic heterocycles. The van der Waals surface area contributed by atoms with Crippen LogP contribution in [-0.2, 0) is 6.42 Å². The highest BCUT2D eigenvalue weighted by Gasteiger charge is 2.23. The summed E-state index contributed by atoms with van der Waals surface area (Å²) in [6.45, 7) is 4.36. The topological polar surface area (TPSA) is 29.1 Å². The van der Waals surface area contributed by atoms with Crippen molar-refractivity contribution < 1.29 is 4.79 Å². The molecule has 1 saturated carbocycles. The largest absolute Gasteiger partial charge is 0.349 e. The monoisotopic (exact) mass is 245 g/mol. The van der Waals surface area contributed by atoms with Crippen LogP contribution in [0.1, 0.15) is 55.5 Å². The second-order valence-corrected chi connectivity index (χ2v) is 5.39. The molecule has 1 aromatic carbocycles. The third-order valence-electron chi connectivity index (χ3n) is 4.05. The van der Waals surface area contributed by atoms with Gasteiger partial charge in [0.2, 0.25) is 0 Å². The van der Waals surface area contributed by atoms with Crippen LogP contribution in [0.25, 0.3) is 0 Å². The average molecular weight is 245 g/mol. The fraction of sp³-hybridized carbons (Fsp3) is 0.562. The SMILES string of the molecule is CCc1ccc(C(=O)N[C@H]2CCCC[C@H]2C)cc1. The Morgan fingerprint density at radius 2 is 1.89 bits per heavy atom. The van der Waals surface area contributed by atoms with Crippen LogP contribution in [0.5, 0.6) is 0 Å². The van der Waals surface area contributed by atoms with Gasteiger partial charge in [0.05, 0.1) is 0 Å². The Bertz CT molecular complexity index is 396. The molecule has 1 N–H and O–H groups in total. The number of benzene rings is 1. The molecule has 2 atom stereocenters. The molecule has 1 amide bonds. The Balaban J connectivity index is 1.97. The van der Waals surface area contributed by atoms with Crippen molar-refractivity contribution in [1.82, 2.24) is 5.32 Å². The van der Waals surface area contributed by atoms with E-state index in [4.69, 9.17) is 0 Å². The van der Waals surface area contributed by atoms with Gasteiger partial charge in [-0.2, -0.15) is 0 Å². The van der Waals surface area contributed by atoms with Crippen molar-refractivity contribution in [2.24, 2.45) is 5.92 Å². The van der Waals surface area contributed by atoms with Gasteiger partial charge in [0, 0.05) is 11.6 Å². The number of nitrogens with one attached hydrogen (secondary N) is 1. The maximum atomic E-state index is 12.1. The maximum Gasteiger partial charge on any atom is 0.251 e. The molecular formula is C16H23NO. The van der Waals surface area contributed by atoms with Gasteiger partial charge in [-0.25, -0.2) is 0 Å². The van der Waals surface area contributed by atoms with E-state index in [0.29, 0.717) is 12.0 Å². The van der Waals surface area contributed by atoms with E-state index < -0.39 is 0 Å². The molecule has 2 nitrogen and oxygen atoms in total. The van der Waals surface area contributed by atoms with E-state index in [1.165, 1.54) is 24.8 Å². The summed E-state index contributed by atoms with van der Waals surface area (Å²) in [5, 5.41) is 3.18. The third-order valence-corrected chi connectivity index (χ3v) is 4.05. The van der Waals surface area contributed by atoms with Crippen molar-refractivity contribution in [3.63, 3.8) is 0 Å². The van der Waals surface area contributed by atoms with Crippen molar-refractivity contribution in [2.75, 3.05) is 0 Å². The lowest BCUT2D eigenvalue weighted by molar-refractivity contribution is 0.0910. The molecule has 2 rings (SSSR count). The highest BCUT2D eigenvalue weighted by atomic mass is 16.1. The van der Waals surface area contributed by atoms with Crippen LogP contribution in [-0.4, -0.2) is 11.9 Å². The van der Waals surface area contributed by atoms with Gasteiger partial charge in [-0.3, -0.25) is 4.79 Å². The smallest absolute Gasteiger partial charge is 0.251 e. The van der Waals surface area contributed by atoms with E-state index in [1.807, 2.05) is 24.3 Å². The van der Waals surface area contributed by atoms with E-state index in [-0.39, 0.29) is 5.91 Å². The van der Waals surface area contributed by atoms with E-state index in [9.17, 15) is 4.79 Å². The first-order chi connectivity index (χ1) is 8.70. The van der Waals surface area contributed by atoms with Crippen molar-refractivity contribution >= 4 is 5.91 Å². The summed E-state index contributed by atoms with van der Waals surface area (Å²) in [5.74, 6) is 0.689. The lowest BCUT2D eigenvalue weighted by atomic mass is 9.86. The van der Waals surface area contributed by atoms with Gasteiger partial charge < -0.3 is 5.32 Å². The molecule has 1 aromatic rings. The van der Waals surface area contributed by atoms with Gasteiger partial charge in [-0.1, -0.05) is 38.8 Å². The lowest BCUT2D eigenvalue weighted by Gasteiger charge is -2.29. The molecule has 18 heavy (non-hydrogen) atoms. The van der Waals surface area contributed by atoms with Crippen molar-refractivity contribution in [2.45, 2.75) is 52.0 Å². The summed E-state index contributed by atoms with van der Waals surface area (Å²) in [4.78, 5) is 12.1. The van der Waals surface area contributed by atoms with E-state index in [1.54, 1.807) is 0 Å². The summed E-state index contributed by atoms with van der Waals surface area (Å²) < 4.78 is 0. The van der Waals surface area contributed by atoms with Crippen LogP contribution in [0, 0.1) is 5.92 Å². The van der Waals surface area contributed by atoms with E-state index >= 15 is 0 Å². The number of aryl methyl sites for hydroxylation is 1. The maximum absolute atomic E-state index is 12.1. The predicted octanol–water partition coefficient (Wildman–Crippen LogP) is 3.56. The summed E-state index contributed by atoms with van der Waals surface area (Å²) >= 11 is 0. The Morgan fingerprint density at radius 3 is 2.50 bits per heavy atom. The molecule has 0 spiro atoms. The molecule has 0 saturated heterocycles.